The average molecular weight is 262 g/mol. The van der Waals surface area contributed by atoms with E-state index in [9.17, 15) is 17.6 Å². The predicted molar refractivity (Wildman–Crippen MR) is 58.0 cm³/mol. The molecule has 7 heteroatoms. The molecule has 17 heavy (non-hydrogen) atoms. The van der Waals surface area contributed by atoms with Crippen LogP contribution in [0.2, 0.25) is 0 Å². The minimum atomic E-state index is -4.40. The van der Waals surface area contributed by atoms with Gasteiger partial charge in [-0.25, -0.2) is 9.18 Å². The van der Waals surface area contributed by atoms with Crippen LogP contribution in [0, 0.1) is 0 Å². The first-order valence-corrected chi connectivity index (χ1v) is 6.31. The van der Waals surface area contributed by atoms with Crippen molar-refractivity contribution in [2.45, 2.75) is 6.17 Å². The third-order valence-electron chi connectivity index (χ3n) is 1.80. The average Bonchev–Trinajstić information content (AvgIpc) is 2.25. The van der Waals surface area contributed by atoms with Gasteiger partial charge in [0.2, 0.25) is 0 Å². The highest BCUT2D eigenvalue weighted by Crippen LogP contribution is 2.03. The van der Waals surface area contributed by atoms with Crippen molar-refractivity contribution in [2.75, 3.05) is 12.4 Å². The van der Waals surface area contributed by atoms with Crippen LogP contribution in [-0.2, 0) is 14.9 Å². The summed E-state index contributed by atoms with van der Waals surface area (Å²) in [5, 5.41) is 0. The summed E-state index contributed by atoms with van der Waals surface area (Å²) in [7, 11) is -4.40. The molecule has 0 amide bonds. The summed E-state index contributed by atoms with van der Waals surface area (Å²) in [5.74, 6) is -1.83. The number of carbonyl (C=O) groups excluding carboxylic acids is 1. The van der Waals surface area contributed by atoms with Gasteiger partial charge in [0.25, 0.3) is 10.1 Å². The highest BCUT2D eigenvalue weighted by atomic mass is 32.2. The zero-order valence-electron chi connectivity index (χ0n) is 8.74. The number of hydrogen-bond donors (Lipinski definition) is 1. The Morgan fingerprint density at radius 3 is 2.47 bits per heavy atom. The van der Waals surface area contributed by atoms with E-state index in [0.717, 1.165) is 0 Å². The van der Waals surface area contributed by atoms with Crippen LogP contribution in [0.5, 0.6) is 0 Å². The van der Waals surface area contributed by atoms with E-state index >= 15 is 0 Å². The van der Waals surface area contributed by atoms with Gasteiger partial charge in [-0.15, -0.1) is 0 Å². The monoisotopic (exact) mass is 262 g/mol. The summed E-state index contributed by atoms with van der Waals surface area (Å²) in [6.45, 7) is -0.715. The Kier molecular flexibility index (Phi) is 4.59. The van der Waals surface area contributed by atoms with Gasteiger partial charge in [-0.1, -0.05) is 18.2 Å². The van der Waals surface area contributed by atoms with Crippen LogP contribution in [0.25, 0.3) is 0 Å². The number of rotatable bonds is 5. The van der Waals surface area contributed by atoms with E-state index in [4.69, 9.17) is 4.55 Å². The summed E-state index contributed by atoms with van der Waals surface area (Å²) in [5.41, 5.74) is 0.242. The first-order chi connectivity index (χ1) is 7.88. The molecule has 0 spiro atoms. The SMILES string of the molecule is O=C(OCC(F)CS(=O)(=O)O)c1ccccc1. The van der Waals surface area contributed by atoms with Crippen molar-refractivity contribution in [3.8, 4) is 0 Å². The topological polar surface area (TPSA) is 80.7 Å². The second-order valence-electron chi connectivity index (χ2n) is 3.31. The van der Waals surface area contributed by atoms with Crippen LogP contribution in [0.1, 0.15) is 10.4 Å². The van der Waals surface area contributed by atoms with Gasteiger partial charge >= 0.3 is 5.97 Å². The molecule has 0 saturated carbocycles. The summed E-state index contributed by atoms with van der Waals surface area (Å²) in [6.07, 6.45) is -1.95. The molecular formula is C10H11FO5S. The lowest BCUT2D eigenvalue weighted by Crippen LogP contribution is -2.23. The molecule has 0 aromatic heterocycles. The lowest BCUT2D eigenvalue weighted by molar-refractivity contribution is 0.0417. The second kappa shape index (κ2) is 5.74. The molecule has 0 radical (unpaired) electrons. The maximum Gasteiger partial charge on any atom is 0.338 e. The fraction of sp³-hybridized carbons (Fsp3) is 0.300. The van der Waals surface area contributed by atoms with Gasteiger partial charge < -0.3 is 4.74 Å². The number of hydrogen-bond acceptors (Lipinski definition) is 4. The first kappa shape index (κ1) is 13.6. The molecule has 0 saturated heterocycles. The molecule has 0 fully saturated rings. The fourth-order valence-corrected chi connectivity index (χ4v) is 1.65. The maximum absolute atomic E-state index is 13.0. The Morgan fingerprint density at radius 2 is 1.94 bits per heavy atom. The Balaban J connectivity index is 2.44. The normalized spacial score (nSPS) is 13.1. The summed E-state index contributed by atoms with van der Waals surface area (Å²) in [6, 6.07) is 7.90. The second-order valence-corrected chi connectivity index (χ2v) is 4.81. The predicted octanol–water partition coefficient (Wildman–Crippen LogP) is 1.07. The van der Waals surface area contributed by atoms with E-state index in [2.05, 4.69) is 4.74 Å². The lowest BCUT2D eigenvalue weighted by Gasteiger charge is -2.07. The molecule has 5 nitrogen and oxygen atoms in total. The fourth-order valence-electron chi connectivity index (χ4n) is 1.10. The van der Waals surface area contributed by atoms with Crippen LogP contribution in [0.15, 0.2) is 30.3 Å². The molecule has 1 N–H and O–H groups in total. The zero-order valence-corrected chi connectivity index (χ0v) is 9.56. The maximum atomic E-state index is 13.0. The number of esters is 1. The van der Waals surface area contributed by atoms with Crippen molar-refractivity contribution in [3.63, 3.8) is 0 Å². The van der Waals surface area contributed by atoms with E-state index in [1.807, 2.05) is 0 Å². The Morgan fingerprint density at radius 1 is 1.35 bits per heavy atom. The van der Waals surface area contributed by atoms with Crippen LogP contribution in [-0.4, -0.2) is 37.5 Å². The Bertz CT molecular complexity index is 471. The van der Waals surface area contributed by atoms with E-state index in [1.165, 1.54) is 12.1 Å². The Hall–Kier alpha value is -1.47. The molecule has 0 heterocycles. The standard InChI is InChI=1S/C10H11FO5S/c11-9(7-17(13,14)15)6-16-10(12)8-4-2-1-3-5-8/h1-5,9H,6-7H2,(H,13,14,15). The molecule has 1 aromatic carbocycles. The van der Waals surface area contributed by atoms with Gasteiger partial charge in [-0.2, -0.15) is 8.42 Å². The zero-order chi connectivity index (χ0) is 12.9. The molecule has 0 aliphatic heterocycles. The molecular weight excluding hydrogens is 251 g/mol. The van der Waals surface area contributed by atoms with Crippen molar-refractivity contribution in [3.05, 3.63) is 35.9 Å². The van der Waals surface area contributed by atoms with Crippen LogP contribution in [0.4, 0.5) is 4.39 Å². The number of ether oxygens (including phenoxy) is 1. The van der Waals surface area contributed by atoms with E-state index < -0.39 is 34.6 Å². The van der Waals surface area contributed by atoms with Gasteiger partial charge in [0.1, 0.15) is 12.4 Å². The van der Waals surface area contributed by atoms with Crippen LogP contribution >= 0.6 is 0 Å². The third-order valence-corrected chi connectivity index (χ3v) is 2.58. The van der Waals surface area contributed by atoms with E-state index in [0.29, 0.717) is 0 Å². The minimum absolute atomic E-state index is 0.242. The molecule has 0 aliphatic rings. The van der Waals surface area contributed by atoms with Crippen LogP contribution < -0.4 is 0 Å². The number of halogens is 1. The summed E-state index contributed by atoms with van der Waals surface area (Å²) in [4.78, 5) is 11.3. The minimum Gasteiger partial charge on any atom is -0.459 e. The molecule has 94 valence electrons. The first-order valence-electron chi connectivity index (χ1n) is 4.70. The molecule has 1 unspecified atom stereocenters. The highest BCUT2D eigenvalue weighted by molar-refractivity contribution is 7.85. The van der Waals surface area contributed by atoms with Crippen molar-refractivity contribution in [2.24, 2.45) is 0 Å². The molecule has 0 aliphatic carbocycles. The summed E-state index contributed by atoms with van der Waals surface area (Å²) >= 11 is 0. The smallest absolute Gasteiger partial charge is 0.338 e. The van der Waals surface area contributed by atoms with Crippen molar-refractivity contribution < 1.29 is 26.9 Å². The van der Waals surface area contributed by atoms with Crippen molar-refractivity contribution in [1.29, 1.82) is 0 Å². The van der Waals surface area contributed by atoms with Crippen molar-refractivity contribution in [1.82, 2.24) is 0 Å². The van der Waals surface area contributed by atoms with Gasteiger partial charge in [0.15, 0.2) is 6.17 Å². The van der Waals surface area contributed by atoms with Gasteiger partial charge in [0.05, 0.1) is 5.56 Å². The largest absolute Gasteiger partial charge is 0.459 e. The molecule has 1 rings (SSSR count). The van der Waals surface area contributed by atoms with Gasteiger partial charge in [-0.3, -0.25) is 4.55 Å². The van der Waals surface area contributed by atoms with Crippen molar-refractivity contribution >= 4 is 16.1 Å². The number of benzene rings is 1. The summed E-state index contributed by atoms with van der Waals surface area (Å²) < 4.78 is 46.5. The van der Waals surface area contributed by atoms with E-state index in [-0.39, 0.29) is 5.56 Å². The van der Waals surface area contributed by atoms with Gasteiger partial charge in [0, 0.05) is 0 Å². The molecule has 1 aromatic rings. The molecule has 1 atom stereocenters. The quantitative estimate of drug-likeness (QED) is 0.634. The van der Waals surface area contributed by atoms with Gasteiger partial charge in [-0.05, 0) is 12.1 Å². The number of carbonyl (C=O) groups is 1. The Labute approximate surface area is 98.0 Å². The van der Waals surface area contributed by atoms with Crippen LogP contribution in [0.3, 0.4) is 0 Å². The highest BCUT2D eigenvalue weighted by Gasteiger charge is 2.18. The third kappa shape index (κ3) is 5.41. The molecule has 0 bridgehead atoms. The number of alkyl halides is 1. The lowest BCUT2D eigenvalue weighted by atomic mass is 10.2. The van der Waals surface area contributed by atoms with E-state index in [1.54, 1.807) is 18.2 Å².